The molecule has 0 unspecified atom stereocenters. The smallest absolute Gasteiger partial charge is 0.194 e. The third-order valence-corrected chi connectivity index (χ3v) is 4.83. The molecule has 0 amide bonds. The Morgan fingerprint density at radius 3 is 2.48 bits per heavy atom. The number of benzene rings is 1. The molecule has 148 valence electrons. The summed E-state index contributed by atoms with van der Waals surface area (Å²) >= 11 is 0. The molecule has 0 radical (unpaired) electrons. The monoisotopic (exact) mass is 483 g/mol. The van der Waals surface area contributed by atoms with Gasteiger partial charge in [-0.05, 0) is 38.5 Å². The Bertz CT molecular complexity index is 763. The molecule has 1 aromatic carbocycles. The van der Waals surface area contributed by atoms with Gasteiger partial charge in [0.05, 0.1) is 0 Å². The lowest BCUT2D eigenvalue weighted by atomic mass is 10.2. The Morgan fingerprint density at radius 1 is 1.15 bits per heavy atom. The van der Waals surface area contributed by atoms with Crippen molar-refractivity contribution >= 4 is 35.6 Å². The summed E-state index contributed by atoms with van der Waals surface area (Å²) in [5.41, 5.74) is 2.61. The standard InChI is InChI=1S/C19H29N7.HI/c1-5-20-19(21-14-18-23-22-16(3)24(18)4)26-11-9-25(10-12-26)17-8-6-7-15(2)13-17;/h6-8,13H,5,9-12,14H2,1-4H3,(H,20,21);1H. The third kappa shape index (κ3) is 5.33. The molecule has 0 atom stereocenters. The van der Waals surface area contributed by atoms with Gasteiger partial charge in [-0.15, -0.1) is 34.2 Å². The Morgan fingerprint density at radius 2 is 1.89 bits per heavy atom. The maximum atomic E-state index is 4.78. The van der Waals surface area contributed by atoms with E-state index in [1.807, 2.05) is 18.5 Å². The molecule has 1 aliphatic heterocycles. The van der Waals surface area contributed by atoms with Crippen LogP contribution in [0, 0.1) is 13.8 Å². The summed E-state index contributed by atoms with van der Waals surface area (Å²) in [5, 5.41) is 11.7. The van der Waals surface area contributed by atoms with E-state index in [1.165, 1.54) is 11.3 Å². The Kier molecular flexibility index (Phi) is 7.88. The van der Waals surface area contributed by atoms with Gasteiger partial charge in [-0.2, -0.15) is 0 Å². The normalized spacial score (nSPS) is 14.9. The number of aryl methyl sites for hydroxylation is 2. The topological polar surface area (TPSA) is 61.6 Å². The van der Waals surface area contributed by atoms with Gasteiger partial charge in [0.15, 0.2) is 11.8 Å². The lowest BCUT2D eigenvalue weighted by Gasteiger charge is -2.37. The molecular formula is C19H30IN7. The number of rotatable bonds is 4. The van der Waals surface area contributed by atoms with Gasteiger partial charge >= 0.3 is 0 Å². The van der Waals surface area contributed by atoms with Crippen LogP contribution in [0.2, 0.25) is 0 Å². The van der Waals surface area contributed by atoms with Gasteiger partial charge < -0.3 is 19.7 Å². The molecule has 1 aromatic heterocycles. The summed E-state index contributed by atoms with van der Waals surface area (Å²) < 4.78 is 1.99. The first kappa shape index (κ1) is 21.5. The van der Waals surface area contributed by atoms with Gasteiger partial charge in [0.2, 0.25) is 0 Å². The predicted octanol–water partition coefficient (Wildman–Crippen LogP) is 2.34. The fourth-order valence-electron chi connectivity index (χ4n) is 3.16. The van der Waals surface area contributed by atoms with E-state index in [0.717, 1.165) is 50.3 Å². The number of aromatic nitrogens is 3. The average molecular weight is 483 g/mol. The number of anilines is 1. The molecule has 1 saturated heterocycles. The highest BCUT2D eigenvalue weighted by atomic mass is 127. The summed E-state index contributed by atoms with van der Waals surface area (Å²) in [6, 6.07) is 8.72. The zero-order chi connectivity index (χ0) is 18.5. The predicted molar refractivity (Wildman–Crippen MR) is 121 cm³/mol. The molecule has 2 aromatic rings. The third-order valence-electron chi connectivity index (χ3n) is 4.83. The average Bonchev–Trinajstić information content (AvgIpc) is 2.97. The number of halogens is 1. The second-order valence-electron chi connectivity index (χ2n) is 6.71. The minimum Gasteiger partial charge on any atom is -0.368 e. The van der Waals surface area contributed by atoms with E-state index in [4.69, 9.17) is 4.99 Å². The van der Waals surface area contributed by atoms with Crippen LogP contribution < -0.4 is 10.2 Å². The number of nitrogens with zero attached hydrogens (tertiary/aromatic N) is 6. The van der Waals surface area contributed by atoms with Crippen molar-refractivity contribution in [2.45, 2.75) is 27.3 Å². The summed E-state index contributed by atoms with van der Waals surface area (Å²) in [5.74, 6) is 2.75. The van der Waals surface area contributed by atoms with E-state index >= 15 is 0 Å². The highest BCUT2D eigenvalue weighted by Crippen LogP contribution is 2.17. The van der Waals surface area contributed by atoms with Crippen molar-refractivity contribution in [3.63, 3.8) is 0 Å². The van der Waals surface area contributed by atoms with E-state index < -0.39 is 0 Å². The maximum absolute atomic E-state index is 4.78. The highest BCUT2D eigenvalue weighted by Gasteiger charge is 2.20. The Balaban J connectivity index is 0.00000261. The Labute approximate surface area is 178 Å². The van der Waals surface area contributed by atoms with Crippen molar-refractivity contribution in [1.82, 2.24) is 25.0 Å². The molecule has 27 heavy (non-hydrogen) atoms. The fraction of sp³-hybridized carbons (Fsp3) is 0.526. The lowest BCUT2D eigenvalue weighted by Crippen LogP contribution is -2.52. The molecule has 1 aliphatic rings. The van der Waals surface area contributed by atoms with Crippen LogP contribution in [0.3, 0.4) is 0 Å². The van der Waals surface area contributed by atoms with Crippen molar-refractivity contribution in [2.24, 2.45) is 12.0 Å². The van der Waals surface area contributed by atoms with Crippen LogP contribution in [0.15, 0.2) is 29.3 Å². The second kappa shape index (κ2) is 9.91. The second-order valence-corrected chi connectivity index (χ2v) is 6.71. The van der Waals surface area contributed by atoms with E-state index in [2.05, 4.69) is 63.4 Å². The molecule has 2 heterocycles. The zero-order valence-electron chi connectivity index (χ0n) is 16.6. The first-order valence-corrected chi connectivity index (χ1v) is 9.28. The fourth-order valence-corrected chi connectivity index (χ4v) is 3.16. The molecule has 3 rings (SSSR count). The molecule has 0 aliphatic carbocycles. The van der Waals surface area contributed by atoms with Crippen LogP contribution in [-0.4, -0.2) is 58.3 Å². The van der Waals surface area contributed by atoms with Gasteiger partial charge in [-0.25, -0.2) is 4.99 Å². The van der Waals surface area contributed by atoms with Crippen LogP contribution >= 0.6 is 24.0 Å². The number of hydrogen-bond acceptors (Lipinski definition) is 4. The number of piperazine rings is 1. The van der Waals surface area contributed by atoms with Crippen LogP contribution in [0.1, 0.15) is 24.1 Å². The lowest BCUT2D eigenvalue weighted by molar-refractivity contribution is 0.372. The maximum Gasteiger partial charge on any atom is 0.194 e. The summed E-state index contributed by atoms with van der Waals surface area (Å²) in [6.45, 7) is 11.5. The van der Waals surface area contributed by atoms with Crippen LogP contribution in [0.5, 0.6) is 0 Å². The zero-order valence-corrected chi connectivity index (χ0v) is 19.0. The minimum absolute atomic E-state index is 0. The van der Waals surface area contributed by atoms with Crippen LogP contribution in [0.25, 0.3) is 0 Å². The molecular weight excluding hydrogens is 453 g/mol. The van der Waals surface area contributed by atoms with Gasteiger partial charge in [-0.3, -0.25) is 0 Å². The van der Waals surface area contributed by atoms with Gasteiger partial charge in [0.1, 0.15) is 12.4 Å². The molecule has 1 fully saturated rings. The number of guanidine groups is 1. The number of hydrogen-bond donors (Lipinski definition) is 1. The van der Waals surface area contributed by atoms with E-state index in [0.29, 0.717) is 6.54 Å². The van der Waals surface area contributed by atoms with Gasteiger partial charge in [0.25, 0.3) is 0 Å². The summed E-state index contributed by atoms with van der Waals surface area (Å²) in [6.07, 6.45) is 0. The molecule has 8 heteroatoms. The van der Waals surface area contributed by atoms with Crippen molar-refractivity contribution in [2.75, 3.05) is 37.6 Å². The Hall–Kier alpha value is -1.84. The molecule has 0 saturated carbocycles. The molecule has 0 bridgehead atoms. The van der Waals surface area contributed by atoms with Gasteiger partial charge in [-0.1, -0.05) is 12.1 Å². The molecule has 7 nitrogen and oxygen atoms in total. The summed E-state index contributed by atoms with van der Waals surface area (Å²) in [4.78, 5) is 9.56. The van der Waals surface area contributed by atoms with Crippen molar-refractivity contribution in [3.8, 4) is 0 Å². The van der Waals surface area contributed by atoms with Crippen molar-refractivity contribution in [1.29, 1.82) is 0 Å². The van der Waals surface area contributed by atoms with Crippen molar-refractivity contribution in [3.05, 3.63) is 41.5 Å². The van der Waals surface area contributed by atoms with Crippen molar-refractivity contribution < 1.29 is 0 Å². The molecule has 1 N–H and O–H groups in total. The number of aliphatic imine (C=N–C) groups is 1. The van der Waals surface area contributed by atoms with Crippen LogP contribution in [-0.2, 0) is 13.6 Å². The first-order valence-electron chi connectivity index (χ1n) is 9.28. The van der Waals surface area contributed by atoms with Crippen LogP contribution in [0.4, 0.5) is 5.69 Å². The first-order chi connectivity index (χ1) is 12.6. The molecule has 0 spiro atoms. The number of nitrogens with one attached hydrogen (secondary N) is 1. The summed E-state index contributed by atoms with van der Waals surface area (Å²) in [7, 11) is 1.98. The minimum atomic E-state index is 0. The van der Waals surface area contributed by atoms with Gasteiger partial charge in [0, 0.05) is 45.5 Å². The highest BCUT2D eigenvalue weighted by molar-refractivity contribution is 14.0. The van der Waals surface area contributed by atoms with E-state index in [9.17, 15) is 0 Å². The quantitative estimate of drug-likeness (QED) is 0.411. The largest absolute Gasteiger partial charge is 0.368 e. The van der Waals surface area contributed by atoms with E-state index in [-0.39, 0.29) is 24.0 Å². The van der Waals surface area contributed by atoms with E-state index in [1.54, 1.807) is 0 Å². The SMILES string of the molecule is CCNC(=NCc1nnc(C)n1C)N1CCN(c2cccc(C)c2)CC1.I.